The maximum absolute atomic E-state index is 12.2. The molecule has 0 radical (unpaired) electrons. The van der Waals surface area contributed by atoms with Gasteiger partial charge in [-0.3, -0.25) is 0 Å². The summed E-state index contributed by atoms with van der Waals surface area (Å²) in [5.74, 6) is 0.228. The van der Waals surface area contributed by atoms with E-state index in [1.165, 1.54) is 6.92 Å². The van der Waals surface area contributed by atoms with Crippen LogP contribution in [0.25, 0.3) is 0 Å². The van der Waals surface area contributed by atoms with E-state index in [4.69, 9.17) is 0 Å². The largest absolute Gasteiger partial charge is 0.437 e. The van der Waals surface area contributed by atoms with Gasteiger partial charge in [-0.15, -0.1) is 0 Å². The smallest absolute Gasteiger partial charge is 0.361 e. The summed E-state index contributed by atoms with van der Waals surface area (Å²) in [7, 11) is 0. The second-order valence-corrected chi connectivity index (χ2v) is 3.30. The molecule has 0 aliphatic carbocycles. The molecule has 1 aromatic rings. The number of alkyl halides is 4. The molecule has 0 bridgehead atoms. The highest BCUT2D eigenvalue weighted by atomic mass is 79.9. The zero-order valence-corrected chi connectivity index (χ0v) is 8.37. The van der Waals surface area contributed by atoms with Gasteiger partial charge in [0.1, 0.15) is 5.76 Å². The first-order valence-electron chi connectivity index (χ1n) is 3.55. The van der Waals surface area contributed by atoms with Crippen molar-refractivity contribution in [3.8, 4) is 0 Å². The Balaban J connectivity index is 3.07. The molecule has 0 atom stereocenters. The minimum atomic E-state index is -4.42. The molecule has 6 heteroatoms. The normalized spacial score (nSPS) is 12.1. The SMILES string of the molecule is Cc1onc(C(F)(F)F)c1CCBr. The van der Waals surface area contributed by atoms with E-state index < -0.39 is 11.9 Å². The molecule has 0 aromatic carbocycles. The summed E-state index contributed by atoms with van der Waals surface area (Å²) in [5, 5.41) is 3.44. The van der Waals surface area contributed by atoms with E-state index >= 15 is 0 Å². The highest BCUT2D eigenvalue weighted by Gasteiger charge is 2.38. The zero-order valence-electron chi connectivity index (χ0n) is 6.78. The zero-order chi connectivity index (χ0) is 10.1. The number of rotatable bonds is 2. The second kappa shape index (κ2) is 3.69. The highest BCUT2D eigenvalue weighted by molar-refractivity contribution is 9.09. The van der Waals surface area contributed by atoms with Crippen LogP contribution in [0.1, 0.15) is 17.0 Å². The maximum Gasteiger partial charge on any atom is 0.437 e. The van der Waals surface area contributed by atoms with Crippen molar-refractivity contribution >= 4 is 15.9 Å². The Morgan fingerprint density at radius 2 is 2.08 bits per heavy atom. The maximum atomic E-state index is 12.2. The molecule has 0 aliphatic heterocycles. The minimum Gasteiger partial charge on any atom is -0.361 e. The molecular weight excluding hydrogens is 251 g/mol. The number of nitrogens with zero attached hydrogens (tertiary/aromatic N) is 1. The Hall–Kier alpha value is -0.520. The van der Waals surface area contributed by atoms with Crippen LogP contribution in [0.4, 0.5) is 13.2 Å². The molecule has 0 spiro atoms. The molecule has 1 rings (SSSR count). The third-order valence-corrected chi connectivity index (χ3v) is 1.99. The fourth-order valence-corrected chi connectivity index (χ4v) is 1.40. The lowest BCUT2D eigenvalue weighted by atomic mass is 10.1. The van der Waals surface area contributed by atoms with Crippen LogP contribution >= 0.6 is 15.9 Å². The van der Waals surface area contributed by atoms with Crippen LogP contribution in [0.15, 0.2) is 4.52 Å². The average Bonchev–Trinajstić information content (AvgIpc) is 2.32. The standard InChI is InChI=1S/C7H7BrF3NO/c1-4-5(2-3-8)6(12-13-4)7(9,10)11/h2-3H2,1H3. The van der Waals surface area contributed by atoms with Gasteiger partial charge in [0.25, 0.3) is 0 Å². The van der Waals surface area contributed by atoms with E-state index in [0.717, 1.165) is 0 Å². The molecule has 13 heavy (non-hydrogen) atoms. The van der Waals surface area contributed by atoms with Crippen molar-refractivity contribution in [1.29, 1.82) is 0 Å². The quantitative estimate of drug-likeness (QED) is 0.762. The molecule has 74 valence electrons. The molecule has 2 nitrogen and oxygen atoms in total. The third kappa shape index (κ3) is 2.24. The van der Waals surface area contributed by atoms with Crippen molar-refractivity contribution in [2.45, 2.75) is 19.5 Å². The molecule has 0 amide bonds. The van der Waals surface area contributed by atoms with Crippen LogP contribution in [0.3, 0.4) is 0 Å². The fourth-order valence-electron chi connectivity index (χ4n) is 1.00. The van der Waals surface area contributed by atoms with Crippen LogP contribution in [0.5, 0.6) is 0 Å². The van der Waals surface area contributed by atoms with Gasteiger partial charge in [0.05, 0.1) is 0 Å². The van der Waals surface area contributed by atoms with E-state index in [9.17, 15) is 13.2 Å². The second-order valence-electron chi connectivity index (χ2n) is 2.50. The van der Waals surface area contributed by atoms with E-state index in [-0.39, 0.29) is 17.7 Å². The van der Waals surface area contributed by atoms with E-state index in [1.807, 2.05) is 0 Å². The van der Waals surface area contributed by atoms with Gasteiger partial charge < -0.3 is 4.52 Å². The molecule has 0 N–H and O–H groups in total. The number of hydrogen-bond donors (Lipinski definition) is 0. The van der Waals surface area contributed by atoms with Gasteiger partial charge in [-0.25, -0.2) is 0 Å². The van der Waals surface area contributed by atoms with Crippen LogP contribution in [-0.2, 0) is 12.6 Å². The molecule has 0 aliphatic rings. The van der Waals surface area contributed by atoms with Crippen molar-refractivity contribution in [3.63, 3.8) is 0 Å². The molecule has 0 saturated heterocycles. The van der Waals surface area contributed by atoms with E-state index in [2.05, 4.69) is 25.6 Å². The van der Waals surface area contributed by atoms with Gasteiger partial charge >= 0.3 is 6.18 Å². The van der Waals surface area contributed by atoms with E-state index in [1.54, 1.807) is 0 Å². The van der Waals surface area contributed by atoms with Crippen molar-refractivity contribution in [1.82, 2.24) is 5.16 Å². The van der Waals surface area contributed by atoms with Gasteiger partial charge in [-0.1, -0.05) is 21.1 Å². The summed E-state index contributed by atoms with van der Waals surface area (Å²) in [6, 6.07) is 0. The monoisotopic (exact) mass is 257 g/mol. The van der Waals surface area contributed by atoms with Crippen LogP contribution in [0, 0.1) is 6.92 Å². The first kappa shape index (κ1) is 10.6. The van der Waals surface area contributed by atoms with Crippen molar-refractivity contribution in [2.75, 3.05) is 5.33 Å². The van der Waals surface area contributed by atoms with Gasteiger partial charge in [-0.2, -0.15) is 13.2 Å². The number of aryl methyl sites for hydroxylation is 1. The Morgan fingerprint density at radius 3 is 2.54 bits per heavy atom. The molecule has 0 fully saturated rings. The van der Waals surface area contributed by atoms with Gasteiger partial charge in [0, 0.05) is 10.9 Å². The van der Waals surface area contributed by atoms with Crippen LogP contribution < -0.4 is 0 Å². The number of hydrogen-bond acceptors (Lipinski definition) is 2. The summed E-state index contributed by atoms with van der Waals surface area (Å²) in [6.07, 6.45) is -4.15. The lowest BCUT2D eigenvalue weighted by Crippen LogP contribution is -2.09. The van der Waals surface area contributed by atoms with E-state index in [0.29, 0.717) is 5.33 Å². The summed E-state index contributed by atoms with van der Waals surface area (Å²) in [4.78, 5) is 0. The van der Waals surface area contributed by atoms with Crippen LogP contribution in [0.2, 0.25) is 0 Å². The Morgan fingerprint density at radius 1 is 1.46 bits per heavy atom. The van der Waals surface area contributed by atoms with Crippen molar-refractivity contribution in [2.24, 2.45) is 0 Å². The first-order valence-corrected chi connectivity index (χ1v) is 4.67. The predicted molar refractivity (Wildman–Crippen MR) is 43.7 cm³/mol. The average molecular weight is 258 g/mol. The summed E-state index contributed by atoms with van der Waals surface area (Å²) in [5.41, 5.74) is -0.783. The third-order valence-electron chi connectivity index (χ3n) is 1.60. The van der Waals surface area contributed by atoms with Crippen LogP contribution in [-0.4, -0.2) is 10.5 Å². The van der Waals surface area contributed by atoms with Gasteiger partial charge in [-0.05, 0) is 13.3 Å². The topological polar surface area (TPSA) is 26.0 Å². The molecule has 0 saturated carbocycles. The number of halogens is 4. The summed E-state index contributed by atoms with van der Waals surface area (Å²) < 4.78 is 41.2. The fraction of sp³-hybridized carbons (Fsp3) is 0.571. The minimum absolute atomic E-state index is 0.129. The lowest BCUT2D eigenvalue weighted by Gasteiger charge is -2.03. The Labute approximate surface area is 81.2 Å². The number of aromatic nitrogens is 1. The Bertz CT molecular complexity index is 294. The molecule has 1 aromatic heterocycles. The lowest BCUT2D eigenvalue weighted by molar-refractivity contribution is -0.143. The molecule has 1 heterocycles. The first-order chi connectivity index (χ1) is 5.96. The van der Waals surface area contributed by atoms with Crippen molar-refractivity contribution < 1.29 is 17.7 Å². The van der Waals surface area contributed by atoms with Gasteiger partial charge in [0.2, 0.25) is 0 Å². The van der Waals surface area contributed by atoms with Gasteiger partial charge in [0.15, 0.2) is 5.69 Å². The van der Waals surface area contributed by atoms with Crippen molar-refractivity contribution in [3.05, 3.63) is 17.0 Å². The Kier molecular flexibility index (Phi) is 3.00. The summed E-state index contributed by atoms with van der Waals surface area (Å²) >= 11 is 3.07. The summed E-state index contributed by atoms with van der Waals surface area (Å²) in [6.45, 7) is 1.47. The molecule has 0 unspecified atom stereocenters. The highest BCUT2D eigenvalue weighted by Crippen LogP contribution is 2.32. The molecular formula is C7H7BrF3NO. The predicted octanol–water partition coefficient (Wildman–Crippen LogP) is 2.94.